The van der Waals surface area contributed by atoms with Gasteiger partial charge in [-0.15, -0.1) is 0 Å². The number of nitrogens with zero attached hydrogens (tertiary/aromatic N) is 1. The normalized spacial score (nSPS) is 23.0. The second kappa shape index (κ2) is 16.7. The first-order valence-electron chi connectivity index (χ1n) is 14.0. The van der Waals surface area contributed by atoms with E-state index in [2.05, 4.69) is 25.2 Å². The van der Waals surface area contributed by atoms with Crippen LogP contribution in [0, 0.1) is 23.7 Å². The zero-order valence-corrected chi connectivity index (χ0v) is 28.5. The van der Waals surface area contributed by atoms with Crippen LogP contribution in [-0.4, -0.2) is 41.2 Å². The maximum atomic E-state index is 12.0. The summed E-state index contributed by atoms with van der Waals surface area (Å²) in [5.41, 5.74) is 2.45. The van der Waals surface area contributed by atoms with Crippen molar-refractivity contribution in [2.24, 2.45) is 23.7 Å². The van der Waals surface area contributed by atoms with Crippen LogP contribution in [0.4, 0.5) is 4.79 Å². The molecule has 0 aromatic heterocycles. The molecule has 0 saturated carbocycles. The number of carbonyl (C=O) groups is 1. The van der Waals surface area contributed by atoms with Crippen molar-refractivity contribution in [1.29, 1.82) is 0 Å². The SMILES string of the molecule is CC[C@@H]1CN(C(=O)OC(Cl)(Cl)Cl)CC[C@@H]1Cc1ccc(Cl)c(Cl)c1.CC[C@@H]1CNCC[C@@H]1Cc1ccc(Cl)c(Cl)c1. The van der Waals surface area contributed by atoms with Crippen molar-refractivity contribution in [2.45, 2.75) is 56.4 Å². The first-order chi connectivity index (χ1) is 19.4. The maximum Gasteiger partial charge on any atom is 0.413 e. The van der Waals surface area contributed by atoms with E-state index in [4.69, 9.17) is 85.9 Å². The fraction of sp³-hybridized carbons (Fsp3) is 0.567. The van der Waals surface area contributed by atoms with E-state index in [0.717, 1.165) is 56.2 Å². The van der Waals surface area contributed by atoms with Crippen molar-refractivity contribution in [1.82, 2.24) is 10.2 Å². The quantitative estimate of drug-likeness (QED) is 0.304. The minimum absolute atomic E-state index is 0.344. The Morgan fingerprint density at radius 3 is 1.85 bits per heavy atom. The molecule has 2 aromatic rings. The summed E-state index contributed by atoms with van der Waals surface area (Å²) in [5, 5.41) is 5.91. The molecule has 41 heavy (non-hydrogen) atoms. The van der Waals surface area contributed by atoms with Crippen LogP contribution < -0.4 is 5.32 Å². The monoisotopic (exact) mass is 702 g/mol. The summed E-state index contributed by atoms with van der Waals surface area (Å²) in [4.78, 5) is 13.6. The zero-order valence-electron chi connectivity index (χ0n) is 23.3. The van der Waals surface area contributed by atoms with Crippen LogP contribution >= 0.6 is 81.2 Å². The third-order valence-corrected chi connectivity index (χ3v) is 9.84. The lowest BCUT2D eigenvalue weighted by molar-refractivity contribution is 0.0659. The summed E-state index contributed by atoms with van der Waals surface area (Å²) < 4.78 is 2.77. The van der Waals surface area contributed by atoms with Gasteiger partial charge in [-0.1, -0.05) is 85.2 Å². The first kappa shape index (κ1) is 35.2. The smallest absolute Gasteiger partial charge is 0.398 e. The third-order valence-electron chi connectivity index (χ3n) is 8.13. The Morgan fingerprint density at radius 1 is 0.829 bits per heavy atom. The number of carbonyl (C=O) groups excluding carboxylic acids is 1. The molecular formula is C30H37Cl7N2O2. The number of alkyl halides is 3. The molecule has 2 aliphatic rings. The highest BCUT2D eigenvalue weighted by atomic mass is 35.6. The van der Waals surface area contributed by atoms with Crippen LogP contribution in [0.2, 0.25) is 20.1 Å². The number of hydrogen-bond acceptors (Lipinski definition) is 3. The number of benzene rings is 2. The van der Waals surface area contributed by atoms with E-state index in [9.17, 15) is 4.79 Å². The Kier molecular flexibility index (Phi) is 14.3. The molecule has 2 heterocycles. The van der Waals surface area contributed by atoms with Crippen LogP contribution in [0.1, 0.15) is 50.7 Å². The molecule has 2 aliphatic heterocycles. The fourth-order valence-electron chi connectivity index (χ4n) is 5.80. The molecule has 0 unspecified atom stereocenters. The fourth-order valence-corrected chi connectivity index (χ4v) is 6.64. The molecule has 2 fully saturated rings. The Balaban J connectivity index is 0.000000239. The van der Waals surface area contributed by atoms with Gasteiger partial charge in [-0.25, -0.2) is 4.79 Å². The zero-order chi connectivity index (χ0) is 30.2. The predicted molar refractivity (Wildman–Crippen MR) is 175 cm³/mol. The van der Waals surface area contributed by atoms with E-state index in [-0.39, 0.29) is 0 Å². The third kappa shape index (κ3) is 11.3. The van der Waals surface area contributed by atoms with Gasteiger partial charge in [0.05, 0.1) is 20.1 Å². The minimum Gasteiger partial charge on any atom is -0.398 e. The summed E-state index contributed by atoms with van der Waals surface area (Å²) >= 11 is 40.6. The van der Waals surface area contributed by atoms with E-state index in [1.807, 2.05) is 30.3 Å². The molecule has 4 nitrogen and oxygen atoms in total. The van der Waals surface area contributed by atoms with Crippen LogP contribution in [0.3, 0.4) is 0 Å². The second-order valence-electron chi connectivity index (χ2n) is 10.8. The molecule has 2 aromatic carbocycles. The topological polar surface area (TPSA) is 41.6 Å². The van der Waals surface area contributed by atoms with Crippen molar-refractivity contribution in [2.75, 3.05) is 26.2 Å². The van der Waals surface area contributed by atoms with E-state index >= 15 is 0 Å². The maximum absolute atomic E-state index is 12.0. The Hall–Kier alpha value is -0.300. The van der Waals surface area contributed by atoms with Crippen molar-refractivity contribution in [3.63, 3.8) is 0 Å². The van der Waals surface area contributed by atoms with Gasteiger partial charge in [0.1, 0.15) is 0 Å². The number of ether oxygens (including phenoxy) is 1. The molecule has 1 amide bonds. The molecule has 1 N–H and O–H groups in total. The molecule has 0 bridgehead atoms. The van der Waals surface area contributed by atoms with E-state index < -0.39 is 10.1 Å². The summed E-state index contributed by atoms with van der Waals surface area (Å²) in [7, 11) is 0. The number of likely N-dealkylation sites (tertiary alicyclic amines) is 1. The lowest BCUT2D eigenvalue weighted by Gasteiger charge is -2.38. The summed E-state index contributed by atoms with van der Waals surface area (Å²) in [5.74, 6) is 2.36. The first-order valence-corrected chi connectivity index (χ1v) is 16.7. The predicted octanol–water partition coefficient (Wildman–Crippen LogP) is 10.5. The average Bonchev–Trinajstić information content (AvgIpc) is 2.92. The van der Waals surface area contributed by atoms with Crippen LogP contribution in [0.25, 0.3) is 0 Å². The van der Waals surface area contributed by atoms with E-state index in [1.54, 1.807) is 4.90 Å². The van der Waals surface area contributed by atoms with Gasteiger partial charge < -0.3 is 15.0 Å². The number of nitrogens with one attached hydrogen (secondary N) is 1. The number of hydrogen-bond donors (Lipinski definition) is 1. The number of amides is 1. The van der Waals surface area contributed by atoms with E-state index in [1.165, 1.54) is 18.4 Å². The standard InChI is InChI=1S/C16H18Cl5NO2.C14H19Cl2N/c1-2-11-9-22(15(23)24-16(19,20)21)6-5-12(11)7-10-3-4-13(17)14(18)8-10;1-2-11-9-17-6-5-12(11)7-10-3-4-13(15)14(16)8-10/h3-4,8,11-12H,2,5-7,9H2,1H3;3-4,8,11-12,17H,2,5-7,9H2,1H3/t2*11-,12-/m11/s1. The minimum atomic E-state index is -2.03. The number of halogens is 7. The van der Waals surface area contributed by atoms with Gasteiger partial charge in [-0.3, -0.25) is 0 Å². The highest BCUT2D eigenvalue weighted by Crippen LogP contribution is 2.34. The molecule has 0 aliphatic carbocycles. The van der Waals surface area contributed by atoms with Crippen LogP contribution in [0.15, 0.2) is 36.4 Å². The lowest BCUT2D eigenvalue weighted by atomic mass is 9.80. The van der Waals surface area contributed by atoms with Crippen molar-refractivity contribution < 1.29 is 9.53 Å². The Bertz CT molecular complexity index is 1140. The van der Waals surface area contributed by atoms with Gasteiger partial charge in [0.2, 0.25) is 0 Å². The molecule has 4 rings (SSSR count). The van der Waals surface area contributed by atoms with Gasteiger partial charge in [0.15, 0.2) is 0 Å². The molecule has 228 valence electrons. The van der Waals surface area contributed by atoms with Crippen LogP contribution in [0.5, 0.6) is 0 Å². The van der Waals surface area contributed by atoms with Gasteiger partial charge in [0.25, 0.3) is 0 Å². The van der Waals surface area contributed by atoms with Gasteiger partial charge >= 0.3 is 10.1 Å². The Morgan fingerprint density at radius 2 is 1.37 bits per heavy atom. The average molecular weight is 706 g/mol. The summed E-state index contributed by atoms with van der Waals surface area (Å²) in [6, 6.07) is 11.7. The summed E-state index contributed by atoms with van der Waals surface area (Å²) in [6.07, 6.45) is 5.73. The number of piperidine rings is 2. The second-order valence-corrected chi connectivity index (χ2v) is 14.6. The highest BCUT2D eigenvalue weighted by Gasteiger charge is 2.34. The van der Waals surface area contributed by atoms with Crippen molar-refractivity contribution >= 4 is 87.3 Å². The van der Waals surface area contributed by atoms with Crippen LogP contribution in [-0.2, 0) is 17.6 Å². The largest absolute Gasteiger partial charge is 0.413 e. The molecule has 11 heteroatoms. The molecule has 0 radical (unpaired) electrons. The molecule has 2 saturated heterocycles. The van der Waals surface area contributed by atoms with Gasteiger partial charge in [-0.05, 0) is 133 Å². The van der Waals surface area contributed by atoms with Crippen molar-refractivity contribution in [3.8, 4) is 0 Å². The lowest BCUT2D eigenvalue weighted by Crippen LogP contribution is -2.45. The molecule has 0 spiro atoms. The number of rotatable bonds is 6. The van der Waals surface area contributed by atoms with Crippen molar-refractivity contribution in [3.05, 3.63) is 67.6 Å². The van der Waals surface area contributed by atoms with Gasteiger partial charge in [-0.2, -0.15) is 0 Å². The molecule has 4 atom stereocenters. The Labute approximate surface area is 279 Å². The molecular weight excluding hydrogens is 669 g/mol. The highest BCUT2D eigenvalue weighted by molar-refractivity contribution is 6.66. The van der Waals surface area contributed by atoms with E-state index in [0.29, 0.717) is 45.0 Å². The summed E-state index contributed by atoms with van der Waals surface area (Å²) in [6.45, 7) is 7.84. The van der Waals surface area contributed by atoms with Gasteiger partial charge in [0, 0.05) is 13.1 Å².